The van der Waals surface area contributed by atoms with Gasteiger partial charge in [-0.1, -0.05) is 145 Å². The number of anilines is 6. The van der Waals surface area contributed by atoms with Gasteiger partial charge in [0, 0.05) is 44.0 Å². The van der Waals surface area contributed by atoms with E-state index in [1.807, 2.05) is 0 Å². The number of hydrogen-bond acceptors (Lipinski definition) is 2. The Bertz CT molecular complexity index is 4210. The van der Waals surface area contributed by atoms with Crippen molar-refractivity contribution in [3.8, 4) is 16.8 Å². The highest BCUT2D eigenvalue weighted by Gasteiger charge is 2.61. The number of rotatable bonds is 7. The SMILES string of the molecule is Cc1cc(C)c(N(c2ccc3c(c2)-c2ccccc2C32C3CC4CC(C3)CC2C4)c2ccc3ccc4c(N(c5ccccc5)c5cccc6c5c5ccccc5n6-c5ccccc5)ccc5ccc2c3c54)c(C)c1. The third-order valence-electron chi connectivity index (χ3n) is 18.7. The minimum Gasteiger partial charge on any atom is -0.309 e. The standard InChI is InChI=1S/C71H57N3/c1-43-35-44(2)70(45(3)36-43)74(54-29-32-61-59(42-54)55-19-10-12-21-60(55)71(61)50-38-46-37-47(40-50)41-51(71)39-46)64-34-28-49-25-30-57-63(33-27-48-26-31-58(64)68(49)67(48)57)73(53-17-8-5-9-18-53)66-24-14-23-65-69(66)56-20-11-13-22-62(56)72(65)52-15-6-4-7-16-52/h4-36,42,46-47,50-51H,37-41H2,1-3H3. The first kappa shape index (κ1) is 42.4. The topological polar surface area (TPSA) is 11.4 Å². The number of benzene rings is 11. The molecular weight excluding hydrogens is 895 g/mol. The normalized spacial score (nSPS) is 20.4. The highest BCUT2D eigenvalue weighted by atomic mass is 15.2. The summed E-state index contributed by atoms with van der Waals surface area (Å²) in [6.45, 7) is 6.86. The van der Waals surface area contributed by atoms with E-state index in [1.54, 1.807) is 11.1 Å². The molecule has 4 fully saturated rings. The second-order valence-corrected chi connectivity index (χ2v) is 22.7. The zero-order valence-corrected chi connectivity index (χ0v) is 42.3. The monoisotopic (exact) mass is 951 g/mol. The molecule has 3 heteroatoms. The largest absolute Gasteiger partial charge is 0.309 e. The Kier molecular flexibility index (Phi) is 8.98. The van der Waals surface area contributed by atoms with Crippen LogP contribution in [-0.2, 0) is 5.41 Å². The Morgan fingerprint density at radius 3 is 1.69 bits per heavy atom. The van der Waals surface area contributed by atoms with Crippen LogP contribution in [0.25, 0.3) is 70.9 Å². The molecule has 1 aromatic heterocycles. The minimum atomic E-state index is 0.126. The van der Waals surface area contributed by atoms with E-state index in [2.05, 4.69) is 241 Å². The molecule has 0 unspecified atom stereocenters. The molecule has 0 radical (unpaired) electrons. The molecule has 0 aliphatic heterocycles. The van der Waals surface area contributed by atoms with Crippen molar-refractivity contribution in [2.45, 2.75) is 58.3 Å². The lowest BCUT2D eigenvalue weighted by atomic mass is 9.43. The maximum atomic E-state index is 2.63. The second-order valence-electron chi connectivity index (χ2n) is 22.7. The van der Waals surface area contributed by atoms with Crippen molar-refractivity contribution < 1.29 is 0 Å². The molecule has 0 N–H and O–H groups in total. The van der Waals surface area contributed by atoms with E-state index in [9.17, 15) is 0 Å². The van der Waals surface area contributed by atoms with Gasteiger partial charge < -0.3 is 14.4 Å². The van der Waals surface area contributed by atoms with E-state index >= 15 is 0 Å². The summed E-state index contributed by atoms with van der Waals surface area (Å²) in [5.74, 6) is 3.28. The first-order chi connectivity index (χ1) is 36.4. The number of hydrogen-bond donors (Lipinski definition) is 0. The fourth-order valence-corrected chi connectivity index (χ4v) is 16.4. The average molecular weight is 952 g/mol. The summed E-state index contributed by atoms with van der Waals surface area (Å²) in [6, 6.07) is 78.5. The summed E-state index contributed by atoms with van der Waals surface area (Å²) in [5, 5.41) is 10.0. The van der Waals surface area contributed by atoms with E-state index in [0.29, 0.717) is 0 Å². The first-order valence-electron chi connectivity index (χ1n) is 27.2. The Hall–Kier alpha value is -8.14. The van der Waals surface area contributed by atoms with Crippen LogP contribution >= 0.6 is 0 Å². The maximum Gasteiger partial charge on any atom is 0.0562 e. The van der Waals surface area contributed by atoms with Crippen molar-refractivity contribution in [3.63, 3.8) is 0 Å². The Labute approximate surface area is 433 Å². The Morgan fingerprint density at radius 2 is 0.986 bits per heavy atom. The van der Waals surface area contributed by atoms with Crippen LogP contribution in [0.5, 0.6) is 0 Å². The first-order valence-corrected chi connectivity index (χ1v) is 27.2. The van der Waals surface area contributed by atoms with Crippen LogP contribution < -0.4 is 9.80 Å². The summed E-state index contributed by atoms with van der Waals surface area (Å²) in [7, 11) is 0. The molecule has 4 bridgehead atoms. The van der Waals surface area contributed by atoms with E-state index < -0.39 is 0 Å². The van der Waals surface area contributed by atoms with Gasteiger partial charge in [0.15, 0.2) is 0 Å². The predicted octanol–water partition coefficient (Wildman–Crippen LogP) is 19.3. The van der Waals surface area contributed by atoms with Gasteiger partial charge in [-0.2, -0.15) is 0 Å². The molecule has 3 nitrogen and oxygen atoms in total. The van der Waals surface area contributed by atoms with E-state index in [1.165, 1.54) is 131 Å². The van der Waals surface area contributed by atoms with Gasteiger partial charge in [0.2, 0.25) is 0 Å². The second kappa shape index (κ2) is 15.7. The van der Waals surface area contributed by atoms with Gasteiger partial charge in [0.1, 0.15) is 0 Å². The van der Waals surface area contributed by atoms with Gasteiger partial charge in [-0.3, -0.25) is 0 Å². The van der Waals surface area contributed by atoms with Crippen LogP contribution in [0.3, 0.4) is 0 Å². The van der Waals surface area contributed by atoms with Crippen molar-refractivity contribution >= 4 is 88.2 Å². The van der Waals surface area contributed by atoms with Gasteiger partial charge in [0.05, 0.1) is 33.8 Å². The molecule has 74 heavy (non-hydrogen) atoms. The van der Waals surface area contributed by atoms with Crippen LogP contribution in [-0.4, -0.2) is 4.57 Å². The van der Waals surface area contributed by atoms with E-state index in [-0.39, 0.29) is 5.41 Å². The summed E-state index contributed by atoms with van der Waals surface area (Å²) in [4.78, 5) is 5.14. The van der Waals surface area contributed by atoms with Crippen molar-refractivity contribution in [1.82, 2.24) is 4.57 Å². The molecule has 5 aliphatic carbocycles. The maximum absolute atomic E-state index is 2.63. The van der Waals surface area contributed by atoms with Gasteiger partial charge in [-0.05, 0) is 198 Å². The lowest BCUT2D eigenvalue weighted by molar-refractivity contribution is -0.0399. The summed E-state index contributed by atoms with van der Waals surface area (Å²) < 4.78 is 2.42. The number of aromatic nitrogens is 1. The van der Waals surface area contributed by atoms with Crippen LogP contribution in [0.2, 0.25) is 0 Å². The zero-order valence-electron chi connectivity index (χ0n) is 42.3. The Morgan fingerprint density at radius 1 is 0.405 bits per heavy atom. The van der Waals surface area contributed by atoms with Crippen molar-refractivity contribution in [1.29, 1.82) is 0 Å². The third kappa shape index (κ3) is 5.78. The smallest absolute Gasteiger partial charge is 0.0562 e. The van der Waals surface area contributed by atoms with Crippen molar-refractivity contribution in [2.24, 2.45) is 23.7 Å². The van der Waals surface area contributed by atoms with Crippen LogP contribution in [0.4, 0.5) is 34.1 Å². The van der Waals surface area contributed by atoms with Gasteiger partial charge in [0.25, 0.3) is 0 Å². The summed E-state index contributed by atoms with van der Waals surface area (Å²) in [6.07, 6.45) is 7.01. The summed E-state index contributed by atoms with van der Waals surface area (Å²) >= 11 is 0. The molecule has 0 saturated heterocycles. The quantitative estimate of drug-likeness (QED) is 0.148. The van der Waals surface area contributed by atoms with Crippen molar-refractivity contribution in [2.75, 3.05) is 9.80 Å². The molecule has 11 aromatic carbocycles. The highest BCUT2D eigenvalue weighted by molar-refractivity contribution is 6.29. The highest BCUT2D eigenvalue weighted by Crippen LogP contribution is 2.69. The molecule has 5 aliphatic rings. The van der Waals surface area contributed by atoms with Crippen LogP contribution in [0.15, 0.2) is 206 Å². The fraction of sp³-hybridized carbons (Fsp3) is 0.183. The fourth-order valence-electron chi connectivity index (χ4n) is 16.4. The van der Waals surface area contributed by atoms with Gasteiger partial charge in [-0.15, -0.1) is 0 Å². The molecule has 1 heterocycles. The zero-order chi connectivity index (χ0) is 49.0. The number of para-hydroxylation sites is 3. The number of fused-ring (bicyclic) bond motifs is 6. The molecule has 356 valence electrons. The molecule has 17 rings (SSSR count). The van der Waals surface area contributed by atoms with Crippen LogP contribution in [0.1, 0.15) is 59.9 Å². The molecule has 0 amide bonds. The average Bonchev–Trinajstić information content (AvgIpc) is 3.98. The lowest BCUT2D eigenvalue weighted by Crippen LogP contribution is -2.55. The van der Waals surface area contributed by atoms with Crippen molar-refractivity contribution in [3.05, 3.63) is 234 Å². The Balaban J connectivity index is 0.926. The van der Waals surface area contributed by atoms with Crippen LogP contribution in [0, 0.1) is 44.4 Å². The minimum absolute atomic E-state index is 0.126. The third-order valence-corrected chi connectivity index (χ3v) is 18.7. The van der Waals surface area contributed by atoms with Gasteiger partial charge in [-0.25, -0.2) is 0 Å². The molecule has 4 saturated carbocycles. The predicted molar refractivity (Wildman–Crippen MR) is 311 cm³/mol. The molecule has 0 atom stereocenters. The number of nitrogens with zero attached hydrogens (tertiary/aromatic N) is 3. The summed E-state index contributed by atoms with van der Waals surface area (Å²) in [5.41, 5.74) is 20.8. The lowest BCUT2D eigenvalue weighted by Gasteiger charge is -2.61. The molecule has 1 spiro atoms. The number of aryl methyl sites for hydroxylation is 3. The van der Waals surface area contributed by atoms with E-state index in [0.717, 1.165) is 46.4 Å². The van der Waals surface area contributed by atoms with Gasteiger partial charge >= 0.3 is 0 Å². The molecule has 12 aromatic rings. The molecular formula is C71H57N3. The van der Waals surface area contributed by atoms with E-state index in [4.69, 9.17) is 0 Å².